The summed E-state index contributed by atoms with van der Waals surface area (Å²) >= 11 is 0. The van der Waals surface area contributed by atoms with Crippen molar-refractivity contribution in [2.45, 2.75) is 238 Å². The van der Waals surface area contributed by atoms with E-state index in [2.05, 4.69) is 13.8 Å². The number of carbonyl (C=O) groups is 2. The summed E-state index contributed by atoms with van der Waals surface area (Å²) in [5.74, 6) is -0.814. The van der Waals surface area contributed by atoms with Gasteiger partial charge in [-0.1, -0.05) is 206 Å². The molecular weight excluding hydrogens is 689 g/mol. The number of hydrogen-bond acceptors (Lipinski definition) is 8. The Hall–Kier alpha value is -0.990. The van der Waals surface area contributed by atoms with E-state index in [0.717, 1.165) is 32.1 Å². The number of phosphoric ester groups is 1. The molecule has 0 heterocycles. The third kappa shape index (κ3) is 40.5. The minimum atomic E-state index is -4.37. The highest BCUT2D eigenvalue weighted by atomic mass is 31.2. The van der Waals surface area contributed by atoms with Crippen LogP contribution in [-0.2, 0) is 32.7 Å². The maximum Gasteiger partial charge on any atom is 0.472 e. The van der Waals surface area contributed by atoms with Crippen LogP contribution >= 0.6 is 7.82 Å². The number of esters is 2. The molecule has 10 heteroatoms. The maximum atomic E-state index is 12.6. The first kappa shape index (κ1) is 52.0. The molecule has 0 radical (unpaired) electrons. The Kier molecular flexibility index (Phi) is 39.9. The van der Waals surface area contributed by atoms with Crippen molar-refractivity contribution in [3.05, 3.63) is 0 Å². The quantitative estimate of drug-likeness (QED) is 0.0352. The van der Waals surface area contributed by atoms with Crippen molar-refractivity contribution in [2.75, 3.05) is 26.4 Å². The van der Waals surface area contributed by atoms with E-state index in [0.29, 0.717) is 6.42 Å². The lowest BCUT2D eigenvalue weighted by atomic mass is 10.0. The van der Waals surface area contributed by atoms with Crippen LogP contribution in [0.5, 0.6) is 0 Å². The van der Waals surface area contributed by atoms with Crippen LogP contribution in [-0.4, -0.2) is 49.3 Å². The second-order valence-corrected chi connectivity index (χ2v) is 16.7. The molecular formula is C43H86NO8P. The normalized spacial score (nSPS) is 13.2. The van der Waals surface area contributed by atoms with Gasteiger partial charge in [-0.05, 0) is 12.8 Å². The molecule has 0 aliphatic rings. The standard InChI is InChI=1S/C43H86NO8P/c1-3-5-7-9-11-13-15-16-17-18-19-20-21-22-23-24-26-28-30-32-34-36-43(46)52-41(40-51-53(47,48)50-38-37-44)39-49-42(45)35-33-31-29-27-25-14-12-10-8-6-4-2/h41H,3-40,44H2,1-2H3,(H,47,48)/t41-/m1/s1. The van der Waals surface area contributed by atoms with Crippen LogP contribution in [0.1, 0.15) is 232 Å². The zero-order valence-corrected chi connectivity index (χ0v) is 35.7. The fourth-order valence-corrected chi connectivity index (χ4v) is 7.40. The van der Waals surface area contributed by atoms with Crippen LogP contribution in [0.3, 0.4) is 0 Å². The van der Waals surface area contributed by atoms with Gasteiger partial charge in [0.1, 0.15) is 6.61 Å². The van der Waals surface area contributed by atoms with Crippen molar-refractivity contribution in [2.24, 2.45) is 5.73 Å². The first-order chi connectivity index (χ1) is 25.8. The van der Waals surface area contributed by atoms with E-state index in [1.807, 2.05) is 0 Å². The molecule has 0 saturated carbocycles. The number of carbonyl (C=O) groups excluding carboxylic acids is 2. The molecule has 0 aliphatic heterocycles. The molecule has 0 saturated heterocycles. The SMILES string of the molecule is CCCCCCCCCCCCCCCCCCCCCCCC(=O)O[C@H](COC(=O)CCCCCCCCCCCCC)COP(=O)(O)OCCN. The predicted molar refractivity (Wildman–Crippen MR) is 220 cm³/mol. The van der Waals surface area contributed by atoms with Gasteiger partial charge in [0, 0.05) is 19.4 Å². The van der Waals surface area contributed by atoms with E-state index in [1.54, 1.807) is 0 Å². The maximum absolute atomic E-state index is 12.6. The van der Waals surface area contributed by atoms with Gasteiger partial charge in [-0.3, -0.25) is 18.6 Å². The fourth-order valence-electron chi connectivity index (χ4n) is 6.64. The summed E-state index contributed by atoms with van der Waals surface area (Å²) in [5.41, 5.74) is 5.35. The summed E-state index contributed by atoms with van der Waals surface area (Å²) in [4.78, 5) is 34.8. The van der Waals surface area contributed by atoms with Gasteiger partial charge in [-0.2, -0.15) is 0 Å². The number of unbranched alkanes of at least 4 members (excludes halogenated alkanes) is 30. The van der Waals surface area contributed by atoms with Crippen molar-refractivity contribution < 1.29 is 37.6 Å². The van der Waals surface area contributed by atoms with Gasteiger partial charge in [0.2, 0.25) is 0 Å². The Morgan fingerprint density at radius 3 is 1.15 bits per heavy atom. The third-order valence-corrected chi connectivity index (χ3v) is 11.0. The van der Waals surface area contributed by atoms with Gasteiger partial charge >= 0.3 is 19.8 Å². The lowest BCUT2D eigenvalue weighted by Gasteiger charge is -2.19. The van der Waals surface area contributed by atoms with Gasteiger partial charge in [-0.15, -0.1) is 0 Å². The third-order valence-electron chi connectivity index (χ3n) is 9.99. The van der Waals surface area contributed by atoms with Gasteiger partial charge in [-0.25, -0.2) is 4.57 Å². The number of ether oxygens (including phenoxy) is 2. The van der Waals surface area contributed by atoms with Crippen LogP contribution in [0.4, 0.5) is 0 Å². The molecule has 0 aliphatic carbocycles. The van der Waals surface area contributed by atoms with E-state index in [9.17, 15) is 19.0 Å². The molecule has 0 aromatic carbocycles. The van der Waals surface area contributed by atoms with Crippen LogP contribution in [0.25, 0.3) is 0 Å². The van der Waals surface area contributed by atoms with E-state index in [-0.39, 0.29) is 38.6 Å². The smallest absolute Gasteiger partial charge is 0.462 e. The molecule has 0 aromatic heterocycles. The number of rotatable bonds is 43. The topological polar surface area (TPSA) is 134 Å². The van der Waals surface area contributed by atoms with Crippen molar-refractivity contribution >= 4 is 19.8 Å². The molecule has 53 heavy (non-hydrogen) atoms. The highest BCUT2D eigenvalue weighted by Crippen LogP contribution is 2.43. The molecule has 0 fully saturated rings. The van der Waals surface area contributed by atoms with Crippen LogP contribution in [0.2, 0.25) is 0 Å². The van der Waals surface area contributed by atoms with Crippen LogP contribution in [0, 0.1) is 0 Å². The molecule has 3 N–H and O–H groups in total. The monoisotopic (exact) mass is 776 g/mol. The summed E-state index contributed by atoms with van der Waals surface area (Å²) in [6.45, 7) is 3.77. The van der Waals surface area contributed by atoms with Crippen LogP contribution in [0.15, 0.2) is 0 Å². The average Bonchev–Trinajstić information content (AvgIpc) is 3.14. The molecule has 1 unspecified atom stereocenters. The van der Waals surface area contributed by atoms with E-state index >= 15 is 0 Å². The summed E-state index contributed by atoms with van der Waals surface area (Å²) in [6.07, 6.45) is 40.0. The molecule has 0 bridgehead atoms. The zero-order valence-electron chi connectivity index (χ0n) is 34.8. The Balaban J connectivity index is 4.01. The first-order valence-electron chi connectivity index (χ1n) is 22.5. The molecule has 316 valence electrons. The zero-order chi connectivity index (χ0) is 38.9. The Labute approximate surface area is 327 Å². The summed E-state index contributed by atoms with van der Waals surface area (Å²) in [7, 11) is -4.37. The van der Waals surface area contributed by atoms with Crippen molar-refractivity contribution in [1.82, 2.24) is 0 Å². The molecule has 0 spiro atoms. The lowest BCUT2D eigenvalue weighted by molar-refractivity contribution is -0.161. The second kappa shape index (κ2) is 40.7. The largest absolute Gasteiger partial charge is 0.472 e. The molecule has 0 aromatic rings. The minimum Gasteiger partial charge on any atom is -0.462 e. The van der Waals surface area contributed by atoms with E-state index in [1.165, 1.54) is 167 Å². The minimum absolute atomic E-state index is 0.0580. The van der Waals surface area contributed by atoms with Gasteiger partial charge < -0.3 is 20.1 Å². The number of phosphoric acid groups is 1. The molecule has 0 rings (SSSR count). The summed E-state index contributed by atoms with van der Waals surface area (Å²) in [6, 6.07) is 0. The Morgan fingerprint density at radius 2 is 0.811 bits per heavy atom. The highest BCUT2D eigenvalue weighted by Gasteiger charge is 2.26. The van der Waals surface area contributed by atoms with Crippen molar-refractivity contribution in [3.63, 3.8) is 0 Å². The molecule has 9 nitrogen and oxygen atoms in total. The summed E-state index contributed by atoms with van der Waals surface area (Å²) < 4.78 is 32.8. The predicted octanol–water partition coefficient (Wildman–Crippen LogP) is 12.8. The highest BCUT2D eigenvalue weighted by molar-refractivity contribution is 7.47. The lowest BCUT2D eigenvalue weighted by Crippen LogP contribution is -2.29. The van der Waals surface area contributed by atoms with Gasteiger partial charge in [0.15, 0.2) is 6.10 Å². The number of hydrogen-bond donors (Lipinski definition) is 2. The van der Waals surface area contributed by atoms with Crippen LogP contribution < -0.4 is 5.73 Å². The summed E-state index contributed by atoms with van der Waals surface area (Å²) in [5, 5.41) is 0. The molecule has 0 amide bonds. The average molecular weight is 776 g/mol. The Bertz CT molecular complexity index is 845. The van der Waals surface area contributed by atoms with Crippen molar-refractivity contribution in [1.29, 1.82) is 0 Å². The Morgan fingerprint density at radius 1 is 0.491 bits per heavy atom. The van der Waals surface area contributed by atoms with E-state index < -0.39 is 26.5 Å². The van der Waals surface area contributed by atoms with Gasteiger partial charge in [0.25, 0.3) is 0 Å². The van der Waals surface area contributed by atoms with Gasteiger partial charge in [0.05, 0.1) is 13.2 Å². The first-order valence-corrected chi connectivity index (χ1v) is 24.0. The fraction of sp³-hybridized carbons (Fsp3) is 0.953. The second-order valence-electron chi connectivity index (χ2n) is 15.3. The number of nitrogens with two attached hydrogens (primary N) is 1. The van der Waals surface area contributed by atoms with E-state index in [4.69, 9.17) is 24.3 Å². The molecule has 2 atom stereocenters. The van der Waals surface area contributed by atoms with Crippen molar-refractivity contribution in [3.8, 4) is 0 Å².